The van der Waals surface area contributed by atoms with Gasteiger partial charge in [-0.3, -0.25) is 0 Å². The predicted octanol–water partition coefficient (Wildman–Crippen LogP) is -4.31. The summed E-state index contributed by atoms with van der Waals surface area (Å²) in [6, 6.07) is 7.24. The molecule has 0 radical (unpaired) electrons. The minimum Gasteiger partial charge on any atom is -0.748 e. The molecule has 2 aromatic rings. The normalized spacial score (nSPS) is 11.6. The zero-order valence-electron chi connectivity index (χ0n) is 15.5. The third-order valence-corrected chi connectivity index (χ3v) is 6.87. The number of hydrogen-bond acceptors (Lipinski definition) is 10. The van der Waals surface area contributed by atoms with Crippen LogP contribution in [0.1, 0.15) is 12.8 Å². The van der Waals surface area contributed by atoms with E-state index in [0.717, 1.165) is 0 Å². The van der Waals surface area contributed by atoms with Crippen molar-refractivity contribution in [2.75, 3.05) is 23.0 Å². The summed E-state index contributed by atoms with van der Waals surface area (Å²) in [6.45, 7) is 0. The summed E-state index contributed by atoms with van der Waals surface area (Å²) in [5.74, 6) is -0.107. The van der Waals surface area contributed by atoms with Gasteiger partial charge in [-0.25, -0.2) is 26.8 Å². The summed E-state index contributed by atoms with van der Waals surface area (Å²) in [7, 11) is -8.49. The van der Waals surface area contributed by atoms with Crippen molar-refractivity contribution in [1.29, 1.82) is 0 Å². The summed E-state index contributed by atoms with van der Waals surface area (Å²) in [6.07, 6.45) is 0.396. The van der Waals surface area contributed by atoms with E-state index in [2.05, 4.69) is 9.97 Å². The maximum atomic E-state index is 10.7. The smallest absolute Gasteiger partial charge is 0.748 e. The zero-order chi connectivity index (χ0) is 19.2. The van der Waals surface area contributed by atoms with Crippen LogP contribution >= 0.6 is 23.5 Å². The molecule has 0 fully saturated rings. The van der Waals surface area contributed by atoms with Crippen molar-refractivity contribution in [2.24, 2.45) is 0 Å². The summed E-state index contributed by atoms with van der Waals surface area (Å²) in [4.78, 5) is 9.02. The number of nitrogens with zero attached hydrogens (tertiary/aromatic N) is 2. The van der Waals surface area contributed by atoms with Crippen LogP contribution in [-0.2, 0) is 20.2 Å². The summed E-state index contributed by atoms with van der Waals surface area (Å²) in [5, 5.41) is 1.17. The zero-order valence-corrected chi connectivity index (χ0v) is 25.0. The number of thioether (sulfide) groups is 2. The number of aromatic nitrogens is 2. The monoisotopic (exact) mass is 514 g/mol. The van der Waals surface area contributed by atoms with Crippen molar-refractivity contribution < 1.29 is 129 Å². The Hall–Kier alpha value is 2.35. The molecule has 1 aromatic carbocycles. The van der Waals surface area contributed by atoms with Gasteiger partial charge in [0.1, 0.15) is 10.1 Å². The van der Waals surface area contributed by atoms with Crippen molar-refractivity contribution in [3.8, 4) is 0 Å². The van der Waals surface area contributed by atoms with Gasteiger partial charge in [-0.2, -0.15) is 0 Å². The van der Waals surface area contributed by atoms with Gasteiger partial charge >= 0.3 is 103 Å². The number of benzene rings is 1. The second-order valence-corrected chi connectivity index (χ2v) is 10.5. The predicted molar refractivity (Wildman–Crippen MR) is 99.3 cm³/mol. The summed E-state index contributed by atoms with van der Waals surface area (Å²) >= 11 is 2.58. The van der Waals surface area contributed by atoms with Crippen molar-refractivity contribution in [1.82, 2.24) is 9.97 Å². The Labute approximate surface area is 258 Å². The van der Waals surface area contributed by atoms with Gasteiger partial charge in [-0.1, -0.05) is 12.1 Å². The van der Waals surface area contributed by atoms with Gasteiger partial charge in [0.25, 0.3) is 0 Å². The molecule has 0 saturated carbocycles. The first-order valence-corrected chi connectivity index (χ1v) is 12.7. The molecule has 0 spiro atoms. The molecule has 0 aliphatic carbocycles. The van der Waals surface area contributed by atoms with Gasteiger partial charge in [0, 0.05) is 23.0 Å². The topological polar surface area (TPSA) is 140 Å². The van der Waals surface area contributed by atoms with E-state index in [1.165, 1.54) is 23.5 Å². The fourth-order valence-electron chi connectivity index (χ4n) is 1.96. The molecular weight excluding hydrogens is 499 g/mol. The molecule has 0 saturated heterocycles. The molecule has 2 rings (SSSR count). The number of rotatable bonds is 10. The largest absolute Gasteiger partial charge is 1.00 e. The second-order valence-electron chi connectivity index (χ2n) is 5.25. The maximum absolute atomic E-state index is 10.7. The van der Waals surface area contributed by atoms with Crippen molar-refractivity contribution in [2.45, 2.75) is 22.9 Å². The van der Waals surface area contributed by atoms with Gasteiger partial charge in [-0.05, 0) is 25.0 Å². The third kappa shape index (κ3) is 12.4. The first kappa shape index (κ1) is 30.4. The fraction of sp³-hybridized carbons (Fsp3) is 0.429. The standard InChI is InChI=1S/C14H18N2O6S4.2K/c17-25(18,19)9-3-7-23-13-14(24-8-4-10-26(20,21)22)16-12-6-2-1-5-11(12)15-13;;/h1-2,5-6H,3-4,7-10H2,(H,17,18,19)(H,20,21,22);;/q;2*+1/p-2. The minimum atomic E-state index is -4.25. The molecule has 0 aliphatic heterocycles. The van der Waals surface area contributed by atoms with Crippen LogP contribution in [0.25, 0.3) is 11.0 Å². The van der Waals surface area contributed by atoms with Crippen LogP contribution in [0.3, 0.4) is 0 Å². The van der Waals surface area contributed by atoms with Crippen LogP contribution in [0.2, 0.25) is 0 Å². The Bertz CT molecular complexity index is 894. The van der Waals surface area contributed by atoms with E-state index in [1.54, 1.807) is 12.1 Å². The number of fused-ring (bicyclic) bond motifs is 1. The first-order chi connectivity index (χ1) is 12.1. The van der Waals surface area contributed by atoms with Crippen molar-refractivity contribution in [3.05, 3.63) is 24.3 Å². The average molecular weight is 515 g/mol. The van der Waals surface area contributed by atoms with E-state index in [-0.39, 0.29) is 116 Å². The molecule has 28 heavy (non-hydrogen) atoms. The molecular formula is C14H16K2N2O6S4. The molecule has 0 aliphatic rings. The molecule has 0 N–H and O–H groups in total. The van der Waals surface area contributed by atoms with Crippen LogP contribution in [0.4, 0.5) is 0 Å². The Balaban J connectivity index is 0.00000364. The number of hydrogen-bond donors (Lipinski definition) is 0. The van der Waals surface area contributed by atoms with Gasteiger partial charge in [0.2, 0.25) is 0 Å². The number of para-hydroxylation sites is 2. The van der Waals surface area contributed by atoms with E-state index >= 15 is 0 Å². The van der Waals surface area contributed by atoms with Crippen LogP contribution in [0.5, 0.6) is 0 Å². The molecule has 0 unspecified atom stereocenters. The van der Waals surface area contributed by atoms with Gasteiger partial charge in [0.05, 0.1) is 31.3 Å². The van der Waals surface area contributed by atoms with E-state index < -0.39 is 31.7 Å². The minimum absolute atomic E-state index is 0. The van der Waals surface area contributed by atoms with Crippen molar-refractivity contribution >= 4 is 54.8 Å². The van der Waals surface area contributed by atoms with Crippen LogP contribution in [-0.4, -0.2) is 58.9 Å². The molecule has 1 aromatic heterocycles. The average Bonchev–Trinajstić information content (AvgIpc) is 2.53. The molecule has 14 heteroatoms. The molecule has 0 amide bonds. The Morgan fingerprint density at radius 2 is 1.11 bits per heavy atom. The maximum Gasteiger partial charge on any atom is 1.00 e. The Morgan fingerprint density at radius 3 is 1.43 bits per heavy atom. The molecule has 0 bridgehead atoms. The van der Waals surface area contributed by atoms with Crippen LogP contribution in [0.15, 0.2) is 34.3 Å². The van der Waals surface area contributed by atoms with E-state index in [1.807, 2.05) is 12.1 Å². The van der Waals surface area contributed by atoms with E-state index in [9.17, 15) is 25.9 Å². The van der Waals surface area contributed by atoms with Crippen molar-refractivity contribution in [3.63, 3.8) is 0 Å². The molecule has 8 nitrogen and oxygen atoms in total. The van der Waals surface area contributed by atoms with Gasteiger partial charge in [-0.15, -0.1) is 23.5 Å². The second kappa shape index (κ2) is 14.5. The molecule has 144 valence electrons. The first-order valence-electron chi connectivity index (χ1n) is 7.53. The Morgan fingerprint density at radius 1 is 0.750 bits per heavy atom. The molecule has 0 atom stereocenters. The van der Waals surface area contributed by atoms with Crippen LogP contribution < -0.4 is 103 Å². The summed E-state index contributed by atoms with van der Waals surface area (Å²) < 4.78 is 64.0. The quantitative estimate of drug-likeness (QED) is 0.132. The van der Waals surface area contributed by atoms with E-state index in [0.29, 0.717) is 32.6 Å². The Kier molecular flexibility index (Phi) is 15.7. The fourth-order valence-corrected chi connectivity index (χ4v) is 5.31. The SMILES string of the molecule is O=S(=O)([O-])CCCSc1nc2ccccc2nc1SCCCS(=O)(=O)[O-].[K+].[K+]. The molecule has 1 heterocycles. The van der Waals surface area contributed by atoms with E-state index in [4.69, 9.17) is 0 Å². The van der Waals surface area contributed by atoms with Gasteiger partial charge in [0.15, 0.2) is 0 Å². The summed E-state index contributed by atoms with van der Waals surface area (Å²) in [5.41, 5.74) is 1.36. The third-order valence-electron chi connectivity index (χ3n) is 3.06. The van der Waals surface area contributed by atoms with Crippen LogP contribution in [0, 0.1) is 0 Å². The van der Waals surface area contributed by atoms with Gasteiger partial charge < -0.3 is 9.11 Å².